The van der Waals surface area contributed by atoms with Gasteiger partial charge in [-0.3, -0.25) is 0 Å². The smallest absolute Gasteiger partial charge is 0.404 e. The number of carbonyl (C=O) groups excluding carboxylic acids is 1. The van der Waals surface area contributed by atoms with E-state index in [2.05, 4.69) is 25.7 Å². The van der Waals surface area contributed by atoms with Crippen LogP contribution in [0.15, 0.2) is 22.9 Å². The first-order valence-corrected chi connectivity index (χ1v) is 4.50. The monoisotopic (exact) mass is 244 g/mol. The van der Waals surface area contributed by atoms with Gasteiger partial charge in [0.05, 0.1) is 6.61 Å². The molecule has 1 rings (SSSR count). The Balaban J connectivity index is 2.41. The summed E-state index contributed by atoms with van der Waals surface area (Å²) in [5, 5.41) is 0. The summed E-state index contributed by atoms with van der Waals surface area (Å²) in [6.45, 7) is 0.297. The number of amides is 1. The van der Waals surface area contributed by atoms with Crippen molar-refractivity contribution >= 4 is 22.0 Å². The molecule has 70 valence electrons. The minimum Gasteiger partial charge on any atom is -0.449 e. The number of carbonyl (C=O) groups is 1. The van der Waals surface area contributed by atoms with Crippen molar-refractivity contribution < 1.29 is 9.53 Å². The highest BCUT2D eigenvalue weighted by Crippen LogP contribution is 2.08. The molecule has 0 bridgehead atoms. The molecule has 1 amide bonds. The van der Waals surface area contributed by atoms with E-state index in [0.717, 1.165) is 10.2 Å². The van der Waals surface area contributed by atoms with Gasteiger partial charge in [-0.15, -0.1) is 0 Å². The average molecular weight is 245 g/mol. The molecular formula is C8H9BrN2O2. The van der Waals surface area contributed by atoms with Crippen LogP contribution in [0.2, 0.25) is 0 Å². The third-order valence-electron chi connectivity index (χ3n) is 1.43. The number of hydrogen-bond donors (Lipinski definition) is 1. The van der Waals surface area contributed by atoms with E-state index in [1.807, 2.05) is 12.1 Å². The highest BCUT2D eigenvalue weighted by Gasteiger charge is 1.97. The van der Waals surface area contributed by atoms with Gasteiger partial charge < -0.3 is 10.5 Å². The SMILES string of the molecule is NC(=O)OCCc1ccnc(Br)c1. The number of primary amides is 1. The lowest BCUT2D eigenvalue weighted by atomic mass is 10.2. The summed E-state index contributed by atoms with van der Waals surface area (Å²) < 4.78 is 5.36. The fraction of sp³-hybridized carbons (Fsp3) is 0.250. The fourth-order valence-corrected chi connectivity index (χ4v) is 1.28. The van der Waals surface area contributed by atoms with E-state index < -0.39 is 6.09 Å². The second-order valence-electron chi connectivity index (χ2n) is 2.40. The first-order chi connectivity index (χ1) is 6.18. The molecule has 1 aromatic rings. The Labute approximate surface area is 84.2 Å². The van der Waals surface area contributed by atoms with E-state index in [4.69, 9.17) is 5.73 Å². The summed E-state index contributed by atoms with van der Waals surface area (Å²) in [7, 11) is 0. The van der Waals surface area contributed by atoms with Crippen LogP contribution >= 0.6 is 15.9 Å². The maximum absolute atomic E-state index is 10.2. The molecule has 0 saturated heterocycles. The number of hydrogen-bond acceptors (Lipinski definition) is 3. The topological polar surface area (TPSA) is 65.2 Å². The standard InChI is InChI=1S/C8H9BrN2O2/c9-7-5-6(1-3-11-7)2-4-13-8(10)12/h1,3,5H,2,4H2,(H2,10,12). The Morgan fingerprint density at radius 2 is 2.46 bits per heavy atom. The molecular weight excluding hydrogens is 236 g/mol. The maximum Gasteiger partial charge on any atom is 0.404 e. The van der Waals surface area contributed by atoms with Crippen molar-refractivity contribution in [2.75, 3.05) is 6.61 Å². The van der Waals surface area contributed by atoms with Gasteiger partial charge in [-0.25, -0.2) is 9.78 Å². The van der Waals surface area contributed by atoms with Gasteiger partial charge in [0.15, 0.2) is 0 Å². The van der Waals surface area contributed by atoms with E-state index in [0.29, 0.717) is 13.0 Å². The number of aromatic nitrogens is 1. The zero-order valence-electron chi connectivity index (χ0n) is 6.87. The summed E-state index contributed by atoms with van der Waals surface area (Å²) in [5.74, 6) is 0. The Morgan fingerprint density at radius 3 is 3.08 bits per heavy atom. The molecule has 1 heterocycles. The van der Waals surface area contributed by atoms with Crippen LogP contribution in [0.4, 0.5) is 4.79 Å². The molecule has 0 unspecified atom stereocenters. The van der Waals surface area contributed by atoms with Crippen molar-refractivity contribution in [3.05, 3.63) is 28.5 Å². The van der Waals surface area contributed by atoms with Crippen molar-refractivity contribution in [2.24, 2.45) is 5.73 Å². The molecule has 0 aliphatic rings. The quantitative estimate of drug-likeness (QED) is 0.820. The summed E-state index contributed by atoms with van der Waals surface area (Å²) >= 11 is 3.24. The number of nitrogens with zero attached hydrogens (tertiary/aromatic N) is 1. The zero-order valence-corrected chi connectivity index (χ0v) is 8.45. The normalized spacial score (nSPS) is 9.62. The minimum absolute atomic E-state index is 0.297. The molecule has 0 aromatic carbocycles. The maximum atomic E-state index is 10.2. The lowest BCUT2D eigenvalue weighted by Crippen LogP contribution is -2.14. The van der Waals surface area contributed by atoms with E-state index in [9.17, 15) is 4.79 Å². The summed E-state index contributed by atoms with van der Waals surface area (Å²) in [6, 6.07) is 3.72. The molecule has 0 aliphatic carbocycles. The van der Waals surface area contributed by atoms with E-state index in [1.165, 1.54) is 0 Å². The van der Waals surface area contributed by atoms with Gasteiger partial charge in [0.1, 0.15) is 4.60 Å². The van der Waals surface area contributed by atoms with Crippen LogP contribution in [0, 0.1) is 0 Å². The van der Waals surface area contributed by atoms with Crippen molar-refractivity contribution in [3.8, 4) is 0 Å². The average Bonchev–Trinajstić information content (AvgIpc) is 2.03. The lowest BCUT2D eigenvalue weighted by molar-refractivity contribution is 0.158. The van der Waals surface area contributed by atoms with Gasteiger partial charge >= 0.3 is 6.09 Å². The molecule has 5 heteroatoms. The van der Waals surface area contributed by atoms with Crippen molar-refractivity contribution in [2.45, 2.75) is 6.42 Å². The highest BCUT2D eigenvalue weighted by atomic mass is 79.9. The van der Waals surface area contributed by atoms with E-state index in [1.54, 1.807) is 6.20 Å². The Morgan fingerprint density at radius 1 is 1.69 bits per heavy atom. The van der Waals surface area contributed by atoms with Gasteiger partial charge in [0.25, 0.3) is 0 Å². The minimum atomic E-state index is -0.742. The summed E-state index contributed by atoms with van der Waals surface area (Å²) in [6.07, 6.45) is 1.58. The van der Waals surface area contributed by atoms with Crippen molar-refractivity contribution in [1.82, 2.24) is 4.98 Å². The van der Waals surface area contributed by atoms with Crippen LogP contribution in [0.1, 0.15) is 5.56 Å². The number of ether oxygens (including phenoxy) is 1. The summed E-state index contributed by atoms with van der Waals surface area (Å²) in [5.41, 5.74) is 5.85. The molecule has 0 spiro atoms. The largest absolute Gasteiger partial charge is 0.449 e. The molecule has 1 aromatic heterocycles. The highest BCUT2D eigenvalue weighted by molar-refractivity contribution is 9.10. The van der Waals surface area contributed by atoms with Crippen LogP contribution in [0.3, 0.4) is 0 Å². The number of pyridine rings is 1. The predicted molar refractivity (Wildman–Crippen MR) is 51.2 cm³/mol. The zero-order chi connectivity index (χ0) is 9.68. The Bertz CT molecular complexity index is 304. The van der Waals surface area contributed by atoms with Crippen LogP contribution in [-0.4, -0.2) is 17.7 Å². The lowest BCUT2D eigenvalue weighted by Gasteiger charge is -2.01. The Kier molecular flexibility index (Phi) is 3.70. The predicted octanol–water partition coefficient (Wildman–Crippen LogP) is 1.48. The second-order valence-corrected chi connectivity index (χ2v) is 3.22. The molecule has 0 aliphatic heterocycles. The van der Waals surface area contributed by atoms with Gasteiger partial charge in [-0.1, -0.05) is 0 Å². The molecule has 0 fully saturated rings. The molecule has 0 radical (unpaired) electrons. The van der Waals surface area contributed by atoms with Crippen LogP contribution in [-0.2, 0) is 11.2 Å². The van der Waals surface area contributed by atoms with Crippen molar-refractivity contribution in [3.63, 3.8) is 0 Å². The summed E-state index contributed by atoms with van der Waals surface area (Å²) in [4.78, 5) is 14.2. The van der Waals surface area contributed by atoms with Gasteiger partial charge in [-0.2, -0.15) is 0 Å². The molecule has 0 atom stereocenters. The number of nitrogens with two attached hydrogens (primary N) is 1. The van der Waals surface area contributed by atoms with Gasteiger partial charge in [0, 0.05) is 12.6 Å². The number of rotatable bonds is 3. The van der Waals surface area contributed by atoms with E-state index in [-0.39, 0.29) is 0 Å². The number of halogens is 1. The first-order valence-electron chi connectivity index (χ1n) is 3.71. The third-order valence-corrected chi connectivity index (χ3v) is 1.86. The molecule has 4 nitrogen and oxygen atoms in total. The molecule has 2 N–H and O–H groups in total. The van der Waals surface area contributed by atoms with E-state index >= 15 is 0 Å². The van der Waals surface area contributed by atoms with Gasteiger partial charge in [-0.05, 0) is 33.6 Å². The van der Waals surface area contributed by atoms with Crippen LogP contribution in [0.25, 0.3) is 0 Å². The fourth-order valence-electron chi connectivity index (χ4n) is 0.868. The van der Waals surface area contributed by atoms with Crippen molar-refractivity contribution in [1.29, 1.82) is 0 Å². The Hall–Kier alpha value is -1.10. The van der Waals surface area contributed by atoms with Gasteiger partial charge in [0.2, 0.25) is 0 Å². The first kappa shape index (κ1) is 9.98. The molecule has 0 saturated carbocycles. The van der Waals surface area contributed by atoms with Crippen LogP contribution in [0.5, 0.6) is 0 Å². The molecule has 13 heavy (non-hydrogen) atoms. The third kappa shape index (κ3) is 3.89. The van der Waals surface area contributed by atoms with Crippen LogP contribution < -0.4 is 5.73 Å². The second kappa shape index (κ2) is 4.81.